The van der Waals surface area contributed by atoms with Gasteiger partial charge in [0.1, 0.15) is 5.75 Å². The van der Waals surface area contributed by atoms with Gasteiger partial charge in [0.25, 0.3) is 0 Å². The first-order valence-electron chi connectivity index (χ1n) is 6.92. The summed E-state index contributed by atoms with van der Waals surface area (Å²) in [4.78, 5) is 14.2. The van der Waals surface area contributed by atoms with Crippen LogP contribution in [-0.4, -0.2) is 5.97 Å². The van der Waals surface area contributed by atoms with E-state index in [-0.39, 0.29) is 5.97 Å². The van der Waals surface area contributed by atoms with Crippen LogP contribution in [0.25, 0.3) is 0 Å². The fraction of sp³-hybridized carbons (Fsp3) is 0. The molecule has 0 aromatic heterocycles. The maximum atomic E-state index is 12.2. The number of benzene rings is 3. The van der Waals surface area contributed by atoms with Crippen molar-refractivity contribution in [2.75, 3.05) is 0 Å². The van der Waals surface area contributed by atoms with Gasteiger partial charge in [-0.05, 0) is 36.4 Å². The normalized spacial score (nSPS) is 10.2. The summed E-state index contributed by atoms with van der Waals surface area (Å²) in [6.07, 6.45) is 0. The third-order valence-electron chi connectivity index (χ3n) is 3.03. The highest BCUT2D eigenvalue weighted by Crippen LogP contribution is 2.34. The molecule has 108 valence electrons. The Labute approximate surface area is 133 Å². The van der Waals surface area contributed by atoms with Crippen LogP contribution < -0.4 is 4.74 Å². The van der Waals surface area contributed by atoms with Crippen molar-refractivity contribution >= 4 is 17.7 Å². The molecule has 0 fully saturated rings. The SMILES string of the molecule is O=C(Oc1ccccc1Sc1ccccc1)c1ccccc1. The average molecular weight is 306 g/mol. The van der Waals surface area contributed by atoms with Crippen LogP contribution >= 0.6 is 11.8 Å². The highest BCUT2D eigenvalue weighted by atomic mass is 32.2. The first-order chi connectivity index (χ1) is 10.8. The molecular weight excluding hydrogens is 292 g/mol. The lowest BCUT2D eigenvalue weighted by molar-refractivity contribution is 0.0730. The first kappa shape index (κ1) is 14.4. The molecule has 0 atom stereocenters. The summed E-state index contributed by atoms with van der Waals surface area (Å²) in [5, 5.41) is 0. The Morgan fingerprint density at radius 2 is 1.32 bits per heavy atom. The number of esters is 1. The zero-order chi connectivity index (χ0) is 15.2. The zero-order valence-electron chi connectivity index (χ0n) is 11.8. The molecule has 0 aliphatic rings. The van der Waals surface area contributed by atoms with E-state index in [0.717, 1.165) is 9.79 Å². The van der Waals surface area contributed by atoms with Crippen molar-refractivity contribution in [2.45, 2.75) is 9.79 Å². The van der Waals surface area contributed by atoms with E-state index in [9.17, 15) is 4.79 Å². The molecule has 0 radical (unpaired) electrons. The van der Waals surface area contributed by atoms with E-state index in [4.69, 9.17) is 4.74 Å². The molecule has 3 aromatic carbocycles. The van der Waals surface area contributed by atoms with Crippen molar-refractivity contribution < 1.29 is 9.53 Å². The predicted molar refractivity (Wildman–Crippen MR) is 88.4 cm³/mol. The quantitative estimate of drug-likeness (QED) is 0.498. The largest absolute Gasteiger partial charge is 0.422 e. The fourth-order valence-corrected chi connectivity index (χ4v) is 2.87. The maximum Gasteiger partial charge on any atom is 0.343 e. The molecule has 0 unspecified atom stereocenters. The minimum Gasteiger partial charge on any atom is -0.422 e. The lowest BCUT2D eigenvalue weighted by Crippen LogP contribution is -2.08. The topological polar surface area (TPSA) is 26.3 Å². The number of ether oxygens (including phenoxy) is 1. The minimum atomic E-state index is -0.346. The summed E-state index contributed by atoms with van der Waals surface area (Å²) in [5.74, 6) is 0.229. The molecule has 3 aromatic rings. The minimum absolute atomic E-state index is 0.346. The van der Waals surface area contributed by atoms with Crippen LogP contribution in [-0.2, 0) is 0 Å². The van der Waals surface area contributed by atoms with Gasteiger partial charge >= 0.3 is 5.97 Å². The van der Waals surface area contributed by atoms with Crippen LogP contribution in [0.1, 0.15) is 10.4 Å². The van der Waals surface area contributed by atoms with Crippen molar-refractivity contribution in [2.24, 2.45) is 0 Å². The lowest BCUT2D eigenvalue weighted by Gasteiger charge is -2.09. The Hall–Kier alpha value is -2.52. The highest BCUT2D eigenvalue weighted by molar-refractivity contribution is 7.99. The number of carbonyl (C=O) groups is 1. The van der Waals surface area contributed by atoms with Crippen LogP contribution in [0.2, 0.25) is 0 Å². The lowest BCUT2D eigenvalue weighted by atomic mass is 10.2. The van der Waals surface area contributed by atoms with Crippen LogP contribution in [0.15, 0.2) is 94.7 Å². The van der Waals surface area contributed by atoms with Gasteiger partial charge in [-0.1, -0.05) is 60.3 Å². The number of hydrogen-bond acceptors (Lipinski definition) is 3. The molecule has 0 aliphatic heterocycles. The molecule has 0 saturated heterocycles. The van der Waals surface area contributed by atoms with Gasteiger partial charge in [0.15, 0.2) is 0 Å². The number of rotatable bonds is 4. The number of para-hydroxylation sites is 1. The Kier molecular flexibility index (Phi) is 4.56. The molecular formula is C19H14O2S. The van der Waals surface area contributed by atoms with Gasteiger partial charge in [-0.15, -0.1) is 0 Å². The average Bonchev–Trinajstić information content (AvgIpc) is 2.58. The van der Waals surface area contributed by atoms with Crippen molar-refractivity contribution in [3.8, 4) is 5.75 Å². The smallest absolute Gasteiger partial charge is 0.343 e. The van der Waals surface area contributed by atoms with Gasteiger partial charge in [0.2, 0.25) is 0 Å². The van der Waals surface area contributed by atoms with E-state index in [0.29, 0.717) is 11.3 Å². The molecule has 2 nitrogen and oxygen atoms in total. The highest BCUT2D eigenvalue weighted by Gasteiger charge is 2.11. The van der Waals surface area contributed by atoms with E-state index in [1.54, 1.807) is 23.9 Å². The Morgan fingerprint density at radius 1 is 0.727 bits per heavy atom. The molecule has 0 heterocycles. The van der Waals surface area contributed by atoms with Gasteiger partial charge in [0, 0.05) is 4.90 Å². The summed E-state index contributed by atoms with van der Waals surface area (Å²) < 4.78 is 5.54. The van der Waals surface area contributed by atoms with E-state index < -0.39 is 0 Å². The van der Waals surface area contributed by atoms with Crippen LogP contribution in [0.4, 0.5) is 0 Å². The third-order valence-corrected chi connectivity index (χ3v) is 4.10. The van der Waals surface area contributed by atoms with Gasteiger partial charge in [-0.25, -0.2) is 4.79 Å². The van der Waals surface area contributed by atoms with E-state index >= 15 is 0 Å². The second-order valence-electron chi connectivity index (χ2n) is 4.62. The second kappa shape index (κ2) is 6.96. The molecule has 0 saturated carbocycles. The Bertz CT molecular complexity index is 755. The predicted octanol–water partition coefficient (Wildman–Crippen LogP) is 5.06. The molecule has 3 heteroatoms. The molecule has 0 amide bonds. The van der Waals surface area contributed by atoms with Crippen molar-refractivity contribution in [1.29, 1.82) is 0 Å². The van der Waals surface area contributed by atoms with E-state index in [1.165, 1.54) is 0 Å². The fourth-order valence-electron chi connectivity index (χ4n) is 1.97. The number of carbonyl (C=O) groups excluding carboxylic acids is 1. The molecule has 0 spiro atoms. The van der Waals surface area contributed by atoms with Crippen LogP contribution in [0, 0.1) is 0 Å². The molecule has 0 bridgehead atoms. The van der Waals surface area contributed by atoms with E-state index in [2.05, 4.69) is 0 Å². The summed E-state index contributed by atoms with van der Waals surface area (Å²) in [5.41, 5.74) is 0.544. The molecule has 22 heavy (non-hydrogen) atoms. The first-order valence-corrected chi connectivity index (χ1v) is 7.74. The molecule has 0 N–H and O–H groups in total. The van der Waals surface area contributed by atoms with Gasteiger partial charge in [-0.3, -0.25) is 0 Å². The van der Waals surface area contributed by atoms with Crippen LogP contribution in [0.3, 0.4) is 0 Å². The Balaban J connectivity index is 1.81. The molecule has 0 aliphatic carbocycles. The van der Waals surface area contributed by atoms with Crippen molar-refractivity contribution in [3.63, 3.8) is 0 Å². The summed E-state index contributed by atoms with van der Waals surface area (Å²) >= 11 is 1.57. The summed E-state index contributed by atoms with van der Waals surface area (Å²) in [6.45, 7) is 0. The molecule has 3 rings (SSSR count). The standard InChI is InChI=1S/C19H14O2S/c20-19(15-9-3-1-4-10-15)21-17-13-7-8-14-18(17)22-16-11-5-2-6-12-16/h1-14H. The number of hydrogen-bond donors (Lipinski definition) is 0. The summed E-state index contributed by atoms with van der Waals surface area (Å²) in [7, 11) is 0. The van der Waals surface area contributed by atoms with Crippen molar-refractivity contribution in [3.05, 3.63) is 90.5 Å². The zero-order valence-corrected chi connectivity index (χ0v) is 12.6. The van der Waals surface area contributed by atoms with Crippen LogP contribution in [0.5, 0.6) is 5.75 Å². The third kappa shape index (κ3) is 3.57. The second-order valence-corrected chi connectivity index (χ2v) is 5.73. The van der Waals surface area contributed by atoms with E-state index in [1.807, 2.05) is 72.8 Å². The maximum absolute atomic E-state index is 12.2. The monoisotopic (exact) mass is 306 g/mol. The van der Waals surface area contributed by atoms with Crippen molar-refractivity contribution in [1.82, 2.24) is 0 Å². The van der Waals surface area contributed by atoms with Gasteiger partial charge in [0.05, 0.1) is 10.5 Å². The van der Waals surface area contributed by atoms with Gasteiger partial charge in [-0.2, -0.15) is 0 Å². The van der Waals surface area contributed by atoms with Gasteiger partial charge < -0.3 is 4.74 Å². The Morgan fingerprint density at radius 3 is 2.05 bits per heavy atom. The summed E-state index contributed by atoms with van der Waals surface area (Å²) in [6, 6.07) is 26.6.